The highest BCUT2D eigenvalue weighted by atomic mass is 16.4. The maximum absolute atomic E-state index is 10.9. The first kappa shape index (κ1) is 15.1. The summed E-state index contributed by atoms with van der Waals surface area (Å²) in [5, 5.41) is 8.99. The van der Waals surface area contributed by atoms with Crippen molar-refractivity contribution in [1.82, 2.24) is 0 Å². The number of aliphatic carboxylic acids is 1. The minimum Gasteiger partial charge on any atom is -0.481 e. The van der Waals surface area contributed by atoms with Crippen LogP contribution in [0, 0.1) is 5.92 Å². The van der Waals surface area contributed by atoms with Crippen LogP contribution in [-0.2, 0) is 10.2 Å². The summed E-state index contributed by atoms with van der Waals surface area (Å²) in [5.74, 6) is 0.836. The lowest BCUT2D eigenvalue weighted by atomic mass is 9.77. The first-order chi connectivity index (χ1) is 9.38. The van der Waals surface area contributed by atoms with E-state index in [1.54, 1.807) is 0 Å². The number of benzene rings is 1. The molecule has 1 fully saturated rings. The molecule has 2 heteroatoms. The lowest BCUT2D eigenvalue weighted by Gasteiger charge is -2.28. The van der Waals surface area contributed by atoms with Gasteiger partial charge in [-0.15, -0.1) is 0 Å². The van der Waals surface area contributed by atoms with Crippen LogP contribution < -0.4 is 0 Å². The Labute approximate surface area is 122 Å². The quantitative estimate of drug-likeness (QED) is 0.861. The molecule has 1 N–H and O–H groups in total. The monoisotopic (exact) mass is 274 g/mol. The molecule has 1 aliphatic rings. The van der Waals surface area contributed by atoms with Gasteiger partial charge in [-0.3, -0.25) is 4.79 Å². The van der Waals surface area contributed by atoms with Gasteiger partial charge in [0.05, 0.1) is 6.42 Å². The smallest absolute Gasteiger partial charge is 0.304 e. The van der Waals surface area contributed by atoms with E-state index in [9.17, 15) is 4.79 Å². The molecule has 1 saturated carbocycles. The predicted molar refractivity (Wildman–Crippen MR) is 82.1 cm³/mol. The predicted octanol–water partition coefficient (Wildman–Crippen LogP) is 4.73. The highest BCUT2D eigenvalue weighted by molar-refractivity contribution is 5.68. The molecule has 0 amide bonds. The standard InChI is InChI=1S/C18H26O2/c1-13-4-6-14(7-5-13)15-8-10-16(11-9-15)18(2,3)12-17(19)20/h8-11,13-14H,4-7,12H2,1-3H3,(H,19,20). The highest BCUT2D eigenvalue weighted by Crippen LogP contribution is 2.36. The molecule has 0 bridgehead atoms. The first-order valence-electron chi connectivity index (χ1n) is 7.71. The first-order valence-corrected chi connectivity index (χ1v) is 7.71. The second kappa shape index (κ2) is 5.99. The molecule has 0 radical (unpaired) electrons. The molecule has 0 aromatic heterocycles. The van der Waals surface area contributed by atoms with E-state index in [2.05, 4.69) is 31.2 Å². The van der Waals surface area contributed by atoms with Crippen LogP contribution in [0.15, 0.2) is 24.3 Å². The maximum Gasteiger partial charge on any atom is 0.304 e. The lowest BCUT2D eigenvalue weighted by Crippen LogP contribution is -2.21. The summed E-state index contributed by atoms with van der Waals surface area (Å²) < 4.78 is 0. The summed E-state index contributed by atoms with van der Waals surface area (Å²) in [4.78, 5) is 10.9. The van der Waals surface area contributed by atoms with Crippen molar-refractivity contribution in [3.05, 3.63) is 35.4 Å². The van der Waals surface area contributed by atoms with E-state index in [-0.39, 0.29) is 11.8 Å². The zero-order valence-electron chi connectivity index (χ0n) is 12.9. The molecule has 1 aromatic rings. The second-order valence-electron chi connectivity index (χ2n) is 7.03. The molecule has 2 rings (SSSR count). The summed E-state index contributed by atoms with van der Waals surface area (Å²) in [5.41, 5.74) is 2.24. The van der Waals surface area contributed by atoms with E-state index < -0.39 is 5.97 Å². The Hall–Kier alpha value is -1.31. The van der Waals surface area contributed by atoms with Crippen LogP contribution in [0.4, 0.5) is 0 Å². The Morgan fingerprint density at radius 3 is 2.20 bits per heavy atom. The average molecular weight is 274 g/mol. The van der Waals surface area contributed by atoms with Gasteiger partial charge in [0.2, 0.25) is 0 Å². The number of hydrogen-bond donors (Lipinski definition) is 1. The molecule has 2 nitrogen and oxygen atoms in total. The van der Waals surface area contributed by atoms with E-state index >= 15 is 0 Å². The summed E-state index contributed by atoms with van der Waals surface area (Å²) >= 11 is 0. The van der Waals surface area contributed by atoms with Crippen LogP contribution in [0.25, 0.3) is 0 Å². The van der Waals surface area contributed by atoms with Gasteiger partial charge in [-0.05, 0) is 35.8 Å². The Morgan fingerprint density at radius 1 is 1.15 bits per heavy atom. The molecule has 20 heavy (non-hydrogen) atoms. The molecular formula is C18H26O2. The van der Waals surface area contributed by atoms with Gasteiger partial charge in [0.25, 0.3) is 0 Å². The molecule has 0 aliphatic heterocycles. The van der Waals surface area contributed by atoms with Gasteiger partial charge in [0, 0.05) is 5.41 Å². The summed E-state index contributed by atoms with van der Waals surface area (Å²) in [6, 6.07) is 8.66. The zero-order chi connectivity index (χ0) is 14.8. The van der Waals surface area contributed by atoms with Gasteiger partial charge in [0.15, 0.2) is 0 Å². The van der Waals surface area contributed by atoms with E-state index in [4.69, 9.17) is 5.11 Å². The third-order valence-electron chi connectivity index (χ3n) is 4.77. The van der Waals surface area contributed by atoms with Crippen LogP contribution in [0.2, 0.25) is 0 Å². The molecule has 110 valence electrons. The highest BCUT2D eigenvalue weighted by Gasteiger charge is 2.25. The molecule has 0 atom stereocenters. The van der Waals surface area contributed by atoms with Crippen molar-refractivity contribution >= 4 is 5.97 Å². The van der Waals surface area contributed by atoms with Crippen LogP contribution in [0.3, 0.4) is 0 Å². The topological polar surface area (TPSA) is 37.3 Å². The fraction of sp³-hybridized carbons (Fsp3) is 0.611. The van der Waals surface area contributed by atoms with E-state index in [1.807, 2.05) is 13.8 Å². The maximum atomic E-state index is 10.9. The number of carboxylic acids is 1. The minimum absolute atomic E-state index is 0.174. The second-order valence-corrected chi connectivity index (χ2v) is 7.03. The SMILES string of the molecule is CC1CCC(c2ccc(C(C)(C)CC(=O)O)cc2)CC1. The van der Waals surface area contributed by atoms with Gasteiger partial charge < -0.3 is 5.11 Å². The van der Waals surface area contributed by atoms with Crippen LogP contribution in [0.1, 0.15) is 69.9 Å². The van der Waals surface area contributed by atoms with Gasteiger partial charge >= 0.3 is 5.97 Å². The normalized spacial score (nSPS) is 23.6. The van der Waals surface area contributed by atoms with Crippen molar-refractivity contribution in [2.45, 2.75) is 64.2 Å². The van der Waals surface area contributed by atoms with Crippen molar-refractivity contribution in [3.8, 4) is 0 Å². The largest absolute Gasteiger partial charge is 0.481 e. The molecule has 0 saturated heterocycles. The third-order valence-corrected chi connectivity index (χ3v) is 4.77. The van der Waals surface area contributed by atoms with E-state index in [1.165, 1.54) is 31.2 Å². The molecule has 0 spiro atoms. The van der Waals surface area contributed by atoms with E-state index in [0.717, 1.165) is 11.5 Å². The summed E-state index contributed by atoms with van der Waals surface area (Å²) in [6.07, 6.45) is 5.42. The van der Waals surface area contributed by atoms with Gasteiger partial charge in [-0.2, -0.15) is 0 Å². The Bertz CT molecular complexity index is 451. The van der Waals surface area contributed by atoms with Crippen molar-refractivity contribution in [3.63, 3.8) is 0 Å². The van der Waals surface area contributed by atoms with Crippen LogP contribution in [0.5, 0.6) is 0 Å². The fourth-order valence-corrected chi connectivity index (χ4v) is 3.28. The summed E-state index contributed by atoms with van der Waals surface area (Å²) in [6.45, 7) is 6.34. The number of carboxylic acid groups (broad SMARTS) is 1. The van der Waals surface area contributed by atoms with E-state index in [0.29, 0.717) is 5.92 Å². The van der Waals surface area contributed by atoms with Crippen molar-refractivity contribution in [1.29, 1.82) is 0 Å². The van der Waals surface area contributed by atoms with Gasteiger partial charge in [0.1, 0.15) is 0 Å². The average Bonchev–Trinajstić information content (AvgIpc) is 2.38. The zero-order valence-corrected chi connectivity index (χ0v) is 12.9. The Kier molecular flexibility index (Phi) is 4.52. The minimum atomic E-state index is -0.736. The summed E-state index contributed by atoms with van der Waals surface area (Å²) in [7, 11) is 0. The Balaban J connectivity index is 2.08. The molecule has 0 unspecified atom stereocenters. The fourth-order valence-electron chi connectivity index (χ4n) is 3.28. The van der Waals surface area contributed by atoms with Crippen molar-refractivity contribution < 1.29 is 9.90 Å². The molecule has 1 aliphatic carbocycles. The van der Waals surface area contributed by atoms with Crippen LogP contribution in [-0.4, -0.2) is 11.1 Å². The molecular weight excluding hydrogens is 248 g/mol. The third kappa shape index (κ3) is 3.62. The van der Waals surface area contributed by atoms with Crippen LogP contribution >= 0.6 is 0 Å². The number of hydrogen-bond acceptors (Lipinski definition) is 1. The molecule has 1 aromatic carbocycles. The lowest BCUT2D eigenvalue weighted by molar-refractivity contribution is -0.138. The van der Waals surface area contributed by atoms with Crippen molar-refractivity contribution in [2.24, 2.45) is 5.92 Å². The van der Waals surface area contributed by atoms with Gasteiger partial charge in [-0.25, -0.2) is 0 Å². The molecule has 0 heterocycles. The van der Waals surface area contributed by atoms with Gasteiger partial charge in [-0.1, -0.05) is 57.9 Å². The van der Waals surface area contributed by atoms with Crippen molar-refractivity contribution in [2.75, 3.05) is 0 Å². The number of rotatable bonds is 4. The number of carbonyl (C=O) groups is 1. The Morgan fingerprint density at radius 2 is 1.70 bits per heavy atom.